The fourth-order valence-electron chi connectivity index (χ4n) is 4.94. The van der Waals surface area contributed by atoms with Crippen LogP contribution in [0.15, 0.2) is 103 Å². The van der Waals surface area contributed by atoms with Crippen molar-refractivity contribution in [3.05, 3.63) is 137 Å². The number of halogens is 4. The topological polar surface area (TPSA) is 46.9 Å². The summed E-state index contributed by atoms with van der Waals surface area (Å²) in [5, 5.41) is 3.74. The number of amides is 1. The summed E-state index contributed by atoms with van der Waals surface area (Å²) >= 11 is 0. The van der Waals surface area contributed by atoms with Gasteiger partial charge in [-0.3, -0.25) is 9.78 Å². The lowest BCUT2D eigenvalue weighted by Gasteiger charge is -2.19. The molecule has 204 valence electrons. The number of pyridine rings is 1. The number of carbonyl (C=O) groups is 1. The van der Waals surface area contributed by atoms with Crippen molar-refractivity contribution in [2.75, 3.05) is 6.54 Å². The molecule has 0 bridgehead atoms. The van der Waals surface area contributed by atoms with Crippen LogP contribution in [0.4, 0.5) is 17.6 Å². The Kier molecular flexibility index (Phi) is 7.96. The van der Waals surface area contributed by atoms with Crippen molar-refractivity contribution in [3.8, 4) is 0 Å². The lowest BCUT2D eigenvalue weighted by Crippen LogP contribution is -2.27. The van der Waals surface area contributed by atoms with Gasteiger partial charge in [0.25, 0.3) is 0 Å². The average Bonchev–Trinajstić information content (AvgIpc) is 3.31. The maximum atomic E-state index is 13.6. The van der Waals surface area contributed by atoms with Crippen LogP contribution < -0.4 is 5.32 Å². The van der Waals surface area contributed by atoms with Crippen LogP contribution in [0.25, 0.3) is 10.9 Å². The molecule has 0 saturated carbocycles. The molecular formula is C32H27F4N3O. The van der Waals surface area contributed by atoms with Crippen LogP contribution in [-0.4, -0.2) is 22.0 Å². The van der Waals surface area contributed by atoms with Crippen LogP contribution in [0.3, 0.4) is 0 Å². The van der Waals surface area contributed by atoms with Gasteiger partial charge in [-0.15, -0.1) is 0 Å². The number of para-hydroxylation sites is 1. The minimum absolute atomic E-state index is 0.0336. The number of fused-ring (bicyclic) bond motifs is 1. The Labute approximate surface area is 229 Å². The van der Waals surface area contributed by atoms with Gasteiger partial charge in [-0.25, -0.2) is 4.39 Å². The molecule has 0 aliphatic rings. The van der Waals surface area contributed by atoms with Gasteiger partial charge in [0.05, 0.1) is 5.56 Å². The Morgan fingerprint density at radius 1 is 0.925 bits per heavy atom. The summed E-state index contributed by atoms with van der Waals surface area (Å²) < 4.78 is 56.4. The number of hydrogen-bond acceptors (Lipinski definition) is 2. The predicted octanol–water partition coefficient (Wildman–Crippen LogP) is 7.12. The van der Waals surface area contributed by atoms with Gasteiger partial charge in [-0.1, -0.05) is 54.6 Å². The van der Waals surface area contributed by atoms with Crippen LogP contribution >= 0.6 is 0 Å². The molecule has 1 atom stereocenters. The molecule has 8 heteroatoms. The first kappa shape index (κ1) is 27.1. The zero-order chi connectivity index (χ0) is 28.1. The third-order valence-electron chi connectivity index (χ3n) is 6.90. The third kappa shape index (κ3) is 6.39. The monoisotopic (exact) mass is 545 g/mol. The number of aromatic nitrogens is 2. The maximum absolute atomic E-state index is 13.6. The van der Waals surface area contributed by atoms with E-state index in [1.54, 1.807) is 24.4 Å². The number of carbonyl (C=O) groups excluding carboxylic acids is 1. The molecule has 5 rings (SSSR count). The van der Waals surface area contributed by atoms with Crippen molar-refractivity contribution < 1.29 is 22.4 Å². The number of hydrogen-bond donors (Lipinski definition) is 1. The van der Waals surface area contributed by atoms with Crippen molar-refractivity contribution >= 4 is 16.8 Å². The summed E-state index contributed by atoms with van der Waals surface area (Å²) in [6.45, 7) is 0.795. The summed E-state index contributed by atoms with van der Waals surface area (Å²) in [6.07, 6.45) is -0.434. The van der Waals surface area contributed by atoms with Gasteiger partial charge in [0, 0.05) is 60.8 Å². The summed E-state index contributed by atoms with van der Waals surface area (Å²) in [4.78, 5) is 17.4. The van der Waals surface area contributed by atoms with Gasteiger partial charge in [-0.2, -0.15) is 13.2 Å². The van der Waals surface area contributed by atoms with Crippen LogP contribution in [0.5, 0.6) is 0 Å². The summed E-state index contributed by atoms with van der Waals surface area (Å²) in [7, 11) is 0. The van der Waals surface area contributed by atoms with Crippen molar-refractivity contribution in [1.29, 1.82) is 0 Å². The second-order valence-corrected chi connectivity index (χ2v) is 9.66. The van der Waals surface area contributed by atoms with E-state index in [2.05, 4.69) is 10.3 Å². The van der Waals surface area contributed by atoms with Crippen molar-refractivity contribution in [2.24, 2.45) is 0 Å². The molecule has 0 radical (unpaired) electrons. The minimum Gasteiger partial charge on any atom is -0.356 e. The quantitative estimate of drug-likeness (QED) is 0.201. The molecule has 2 aromatic heterocycles. The molecule has 5 aromatic rings. The first-order valence-electron chi connectivity index (χ1n) is 12.9. The number of rotatable bonds is 9. The summed E-state index contributed by atoms with van der Waals surface area (Å²) in [6, 6.07) is 24.5. The molecule has 4 nitrogen and oxygen atoms in total. The molecule has 0 unspecified atom stereocenters. The average molecular weight is 546 g/mol. The zero-order valence-corrected chi connectivity index (χ0v) is 21.5. The van der Waals surface area contributed by atoms with Crippen molar-refractivity contribution in [1.82, 2.24) is 14.9 Å². The van der Waals surface area contributed by atoms with E-state index < -0.39 is 17.7 Å². The largest absolute Gasteiger partial charge is 0.416 e. The van der Waals surface area contributed by atoms with Gasteiger partial charge in [0.2, 0.25) is 5.91 Å². The molecule has 3 aromatic carbocycles. The summed E-state index contributed by atoms with van der Waals surface area (Å²) in [5.74, 6) is -1.23. The van der Waals surface area contributed by atoms with E-state index in [1.165, 1.54) is 18.2 Å². The van der Waals surface area contributed by atoms with Crippen LogP contribution in [0, 0.1) is 5.82 Å². The molecule has 0 saturated heterocycles. The highest BCUT2D eigenvalue weighted by molar-refractivity contribution is 5.87. The number of nitrogens with zero attached hydrogens (tertiary/aromatic N) is 2. The number of alkyl halides is 3. The smallest absolute Gasteiger partial charge is 0.356 e. The maximum Gasteiger partial charge on any atom is 0.416 e. The van der Waals surface area contributed by atoms with E-state index in [9.17, 15) is 22.4 Å². The molecular weight excluding hydrogens is 518 g/mol. The fourth-order valence-corrected chi connectivity index (χ4v) is 4.94. The molecule has 0 aliphatic carbocycles. The Bertz CT molecular complexity index is 1590. The fraction of sp³-hybridized carbons (Fsp3) is 0.188. The van der Waals surface area contributed by atoms with E-state index in [0.717, 1.165) is 39.9 Å². The number of nitrogens with one attached hydrogen (secondary N) is 1. The van der Waals surface area contributed by atoms with Crippen molar-refractivity contribution in [2.45, 2.75) is 31.5 Å². The second kappa shape index (κ2) is 11.7. The standard InChI is InChI=1S/C32H27F4N3O/c33-25-13-11-22(12-14-25)20-39-21-29(27-9-1-2-10-30(27)39)28(23-6-5-7-24(18-23)32(34,35)36)19-31(40)38-17-15-26-8-3-4-16-37-26/h1-14,16,18,21,28H,15,17,19-20H2,(H,38,40)/t28-/m0/s1. The van der Waals surface area contributed by atoms with E-state index in [-0.39, 0.29) is 18.1 Å². The van der Waals surface area contributed by atoms with E-state index in [0.29, 0.717) is 25.1 Å². The Morgan fingerprint density at radius 2 is 1.70 bits per heavy atom. The van der Waals surface area contributed by atoms with E-state index in [4.69, 9.17) is 0 Å². The first-order chi connectivity index (χ1) is 19.3. The molecule has 0 aliphatic heterocycles. The molecule has 40 heavy (non-hydrogen) atoms. The highest BCUT2D eigenvalue weighted by atomic mass is 19.4. The number of benzene rings is 3. The minimum atomic E-state index is -4.51. The first-order valence-corrected chi connectivity index (χ1v) is 12.9. The Hall–Kier alpha value is -4.46. The molecule has 0 fully saturated rings. The SMILES string of the molecule is O=C(C[C@@H](c1cccc(C(F)(F)F)c1)c1cn(Cc2ccc(F)cc2)c2ccccc12)NCCc1ccccn1. The van der Waals surface area contributed by atoms with Crippen molar-refractivity contribution in [3.63, 3.8) is 0 Å². The highest BCUT2D eigenvalue weighted by Crippen LogP contribution is 2.38. The molecule has 2 heterocycles. The predicted molar refractivity (Wildman–Crippen MR) is 146 cm³/mol. The van der Waals surface area contributed by atoms with Gasteiger partial charge in [-0.05, 0) is 53.1 Å². The van der Waals surface area contributed by atoms with Crippen LogP contribution in [0.2, 0.25) is 0 Å². The molecule has 1 N–H and O–H groups in total. The molecule has 1 amide bonds. The van der Waals surface area contributed by atoms with Crippen LogP contribution in [0.1, 0.15) is 40.3 Å². The second-order valence-electron chi connectivity index (χ2n) is 9.66. The van der Waals surface area contributed by atoms with E-state index >= 15 is 0 Å². The summed E-state index contributed by atoms with van der Waals surface area (Å²) in [5.41, 5.74) is 2.96. The van der Waals surface area contributed by atoms with Gasteiger partial charge in [0.1, 0.15) is 5.82 Å². The van der Waals surface area contributed by atoms with Crippen LogP contribution in [-0.2, 0) is 23.9 Å². The Balaban J connectivity index is 1.49. The molecule has 0 spiro atoms. The van der Waals surface area contributed by atoms with Gasteiger partial charge >= 0.3 is 6.18 Å². The van der Waals surface area contributed by atoms with Gasteiger partial charge in [0.15, 0.2) is 0 Å². The lowest BCUT2D eigenvalue weighted by atomic mass is 9.87. The normalized spacial score (nSPS) is 12.4. The Morgan fingerprint density at radius 3 is 2.45 bits per heavy atom. The highest BCUT2D eigenvalue weighted by Gasteiger charge is 2.32. The van der Waals surface area contributed by atoms with Gasteiger partial charge < -0.3 is 9.88 Å². The zero-order valence-electron chi connectivity index (χ0n) is 21.5. The van der Waals surface area contributed by atoms with E-state index in [1.807, 2.05) is 53.2 Å². The lowest BCUT2D eigenvalue weighted by molar-refractivity contribution is -0.137. The third-order valence-corrected chi connectivity index (χ3v) is 6.90.